The molecule has 0 saturated heterocycles. The van der Waals surface area contributed by atoms with Gasteiger partial charge >= 0.3 is 0 Å². The molecule has 0 aliphatic carbocycles. The minimum atomic E-state index is -0.926. The first-order valence-electron chi connectivity index (χ1n) is 9.33. The fraction of sp³-hybridized carbons (Fsp3) is 0.227. The predicted molar refractivity (Wildman–Crippen MR) is 114 cm³/mol. The Morgan fingerprint density at radius 3 is 2.00 bits per heavy atom. The molecule has 0 radical (unpaired) electrons. The van der Waals surface area contributed by atoms with Crippen LogP contribution >= 0.6 is 0 Å². The number of Topliss-reactive ketones (excluding diaryl/α,β-unsaturated/α-hetero) is 1. The third kappa shape index (κ3) is 6.83. The van der Waals surface area contributed by atoms with Gasteiger partial charge in [-0.3, -0.25) is 14.4 Å². The standard InChI is InChI=1S/C22H24N4O4/c23-12-11-21(29)25-18-9-5-16(6-10-18)2-1-15-3-7-17(8-4-15)22(30)26-19(13-24)20(28)14-27/h3-10,19,27H,11-14,23-24H2,(H,25,29)(H,26,30)/t19-/m0/s1. The molecular formula is C22H24N4O4. The Bertz CT molecular complexity index is 944. The van der Waals surface area contributed by atoms with Gasteiger partial charge in [-0.05, 0) is 48.5 Å². The topological polar surface area (TPSA) is 148 Å². The molecule has 0 unspecified atom stereocenters. The van der Waals surface area contributed by atoms with Gasteiger partial charge in [-0.15, -0.1) is 0 Å². The summed E-state index contributed by atoms with van der Waals surface area (Å²) in [6.45, 7) is -0.480. The van der Waals surface area contributed by atoms with E-state index in [-0.39, 0.29) is 18.9 Å². The molecule has 0 aliphatic rings. The third-order valence-corrected chi connectivity index (χ3v) is 4.12. The normalized spacial score (nSPS) is 11.0. The first-order chi connectivity index (χ1) is 14.5. The van der Waals surface area contributed by atoms with Crippen LogP contribution in [0.5, 0.6) is 0 Å². The van der Waals surface area contributed by atoms with E-state index in [1.54, 1.807) is 48.5 Å². The minimum absolute atomic E-state index is 0.0931. The van der Waals surface area contributed by atoms with Crippen molar-refractivity contribution < 1.29 is 19.5 Å². The minimum Gasteiger partial charge on any atom is -0.388 e. The van der Waals surface area contributed by atoms with Crippen molar-refractivity contribution in [1.29, 1.82) is 0 Å². The quantitative estimate of drug-likeness (QED) is 0.388. The van der Waals surface area contributed by atoms with Crippen molar-refractivity contribution in [2.75, 3.05) is 25.0 Å². The van der Waals surface area contributed by atoms with Crippen LogP contribution in [0.2, 0.25) is 0 Å². The number of aliphatic hydroxyl groups is 1. The summed E-state index contributed by atoms with van der Waals surface area (Å²) in [5.74, 6) is 4.86. The lowest BCUT2D eigenvalue weighted by atomic mass is 10.1. The number of benzene rings is 2. The molecule has 0 aliphatic heterocycles. The van der Waals surface area contributed by atoms with Gasteiger partial charge in [-0.2, -0.15) is 0 Å². The van der Waals surface area contributed by atoms with Gasteiger partial charge in [-0.25, -0.2) is 0 Å². The molecule has 156 valence electrons. The van der Waals surface area contributed by atoms with Crippen molar-refractivity contribution in [2.24, 2.45) is 11.5 Å². The molecule has 8 nitrogen and oxygen atoms in total. The molecule has 8 heteroatoms. The van der Waals surface area contributed by atoms with Crippen LogP contribution in [0.15, 0.2) is 48.5 Å². The van der Waals surface area contributed by atoms with Gasteiger partial charge in [0, 0.05) is 41.9 Å². The lowest BCUT2D eigenvalue weighted by Gasteiger charge is -2.14. The Labute approximate surface area is 174 Å². The van der Waals surface area contributed by atoms with Crippen molar-refractivity contribution in [2.45, 2.75) is 12.5 Å². The van der Waals surface area contributed by atoms with Crippen molar-refractivity contribution >= 4 is 23.3 Å². The number of aliphatic hydroxyl groups excluding tert-OH is 1. The number of hydrogen-bond donors (Lipinski definition) is 5. The third-order valence-electron chi connectivity index (χ3n) is 4.12. The summed E-state index contributed by atoms with van der Waals surface area (Å²) >= 11 is 0. The molecule has 0 heterocycles. The van der Waals surface area contributed by atoms with Crippen LogP contribution in [0.4, 0.5) is 5.69 Å². The summed E-state index contributed by atoms with van der Waals surface area (Å²) in [7, 11) is 0. The Morgan fingerprint density at radius 1 is 0.933 bits per heavy atom. The summed E-state index contributed by atoms with van der Waals surface area (Å²) in [4.78, 5) is 35.2. The summed E-state index contributed by atoms with van der Waals surface area (Å²) in [6.07, 6.45) is 0.264. The smallest absolute Gasteiger partial charge is 0.251 e. The number of carbonyl (C=O) groups excluding carboxylic acids is 3. The Kier molecular flexibility index (Phi) is 8.72. The molecule has 0 saturated carbocycles. The molecular weight excluding hydrogens is 384 g/mol. The summed E-state index contributed by atoms with van der Waals surface area (Å²) in [6, 6.07) is 12.7. The number of nitrogens with one attached hydrogen (secondary N) is 2. The Hall–Kier alpha value is -3.51. The van der Waals surface area contributed by atoms with E-state index in [1.807, 2.05) is 0 Å². The highest BCUT2D eigenvalue weighted by Gasteiger charge is 2.18. The number of rotatable bonds is 8. The Morgan fingerprint density at radius 2 is 1.50 bits per heavy atom. The Balaban J connectivity index is 1.99. The first-order valence-corrected chi connectivity index (χ1v) is 9.33. The number of carbonyl (C=O) groups is 3. The zero-order chi connectivity index (χ0) is 21.9. The van der Waals surface area contributed by atoms with Gasteiger partial charge in [0.05, 0.1) is 0 Å². The average molecular weight is 408 g/mol. The highest BCUT2D eigenvalue weighted by atomic mass is 16.3. The van der Waals surface area contributed by atoms with Crippen LogP contribution < -0.4 is 22.1 Å². The van der Waals surface area contributed by atoms with Gasteiger partial charge in [-0.1, -0.05) is 11.8 Å². The van der Waals surface area contributed by atoms with E-state index >= 15 is 0 Å². The molecule has 0 fully saturated rings. The van der Waals surface area contributed by atoms with Crippen molar-refractivity contribution in [1.82, 2.24) is 5.32 Å². The fourth-order valence-electron chi connectivity index (χ4n) is 2.46. The number of hydrogen-bond acceptors (Lipinski definition) is 6. The van der Waals surface area contributed by atoms with E-state index in [1.165, 1.54) is 0 Å². The second kappa shape index (κ2) is 11.5. The summed E-state index contributed by atoms with van der Waals surface area (Å²) < 4.78 is 0. The maximum Gasteiger partial charge on any atom is 0.251 e. The van der Waals surface area contributed by atoms with Crippen LogP contribution in [-0.4, -0.2) is 48.4 Å². The molecule has 2 aromatic carbocycles. The van der Waals surface area contributed by atoms with Crippen LogP contribution in [0.1, 0.15) is 27.9 Å². The van der Waals surface area contributed by atoms with Crippen LogP contribution in [-0.2, 0) is 9.59 Å². The van der Waals surface area contributed by atoms with Gasteiger partial charge in [0.15, 0.2) is 5.78 Å². The number of amides is 2. The maximum atomic E-state index is 12.2. The molecule has 2 aromatic rings. The summed E-state index contributed by atoms with van der Waals surface area (Å²) in [5, 5.41) is 14.1. The molecule has 0 spiro atoms. The average Bonchev–Trinajstić information content (AvgIpc) is 2.76. The molecule has 7 N–H and O–H groups in total. The van der Waals surface area contributed by atoms with Gasteiger partial charge in [0.1, 0.15) is 12.6 Å². The lowest BCUT2D eigenvalue weighted by Crippen LogP contribution is -2.46. The van der Waals surface area contributed by atoms with E-state index in [9.17, 15) is 14.4 Å². The largest absolute Gasteiger partial charge is 0.388 e. The summed E-state index contributed by atoms with van der Waals surface area (Å²) in [5.41, 5.74) is 13.3. The zero-order valence-corrected chi connectivity index (χ0v) is 16.4. The van der Waals surface area contributed by atoms with Crippen LogP contribution in [0.3, 0.4) is 0 Å². The zero-order valence-electron chi connectivity index (χ0n) is 16.4. The van der Waals surface area contributed by atoms with Crippen LogP contribution in [0, 0.1) is 11.8 Å². The van der Waals surface area contributed by atoms with Crippen LogP contribution in [0.25, 0.3) is 0 Å². The molecule has 2 amide bonds. The lowest BCUT2D eigenvalue weighted by molar-refractivity contribution is -0.123. The predicted octanol–water partition coefficient (Wildman–Crippen LogP) is -0.00780. The van der Waals surface area contributed by atoms with E-state index in [0.29, 0.717) is 23.4 Å². The van der Waals surface area contributed by atoms with Crippen molar-refractivity contribution in [3.05, 3.63) is 65.2 Å². The molecule has 30 heavy (non-hydrogen) atoms. The maximum absolute atomic E-state index is 12.2. The van der Waals surface area contributed by atoms with E-state index in [4.69, 9.17) is 16.6 Å². The molecule has 2 rings (SSSR count). The van der Waals surface area contributed by atoms with Gasteiger partial charge in [0.25, 0.3) is 5.91 Å². The van der Waals surface area contributed by atoms with E-state index < -0.39 is 24.3 Å². The van der Waals surface area contributed by atoms with Gasteiger partial charge < -0.3 is 27.2 Å². The number of ketones is 1. The van der Waals surface area contributed by atoms with E-state index in [0.717, 1.165) is 5.56 Å². The van der Waals surface area contributed by atoms with E-state index in [2.05, 4.69) is 22.5 Å². The molecule has 0 aromatic heterocycles. The van der Waals surface area contributed by atoms with Gasteiger partial charge in [0.2, 0.25) is 5.91 Å². The SMILES string of the molecule is NCCC(=O)Nc1ccc(C#Cc2ccc(C(=O)N[C@@H](CN)C(=O)CO)cc2)cc1. The second-order valence-corrected chi connectivity index (χ2v) is 6.38. The highest BCUT2D eigenvalue weighted by Crippen LogP contribution is 2.10. The first kappa shape index (κ1) is 22.8. The number of anilines is 1. The number of nitrogens with two attached hydrogens (primary N) is 2. The molecule has 0 bridgehead atoms. The second-order valence-electron chi connectivity index (χ2n) is 6.38. The monoisotopic (exact) mass is 408 g/mol. The highest BCUT2D eigenvalue weighted by molar-refractivity contribution is 5.98. The molecule has 1 atom stereocenters. The fourth-order valence-corrected chi connectivity index (χ4v) is 2.46. The van der Waals surface area contributed by atoms with Crippen molar-refractivity contribution in [3.63, 3.8) is 0 Å². The van der Waals surface area contributed by atoms with Crippen molar-refractivity contribution in [3.8, 4) is 11.8 Å².